The molecule has 0 fully saturated rings. The van der Waals surface area contributed by atoms with E-state index in [1.807, 2.05) is 18.2 Å². The van der Waals surface area contributed by atoms with Crippen molar-refractivity contribution >= 4 is 33.1 Å². The van der Waals surface area contributed by atoms with Crippen molar-refractivity contribution in [2.75, 3.05) is 12.3 Å². The number of nitrogens with one attached hydrogen (secondary N) is 1. The molecule has 3 nitrogen and oxygen atoms in total. The highest BCUT2D eigenvalue weighted by molar-refractivity contribution is 7.99. The van der Waals surface area contributed by atoms with Crippen molar-refractivity contribution in [2.45, 2.75) is 15.5 Å². The van der Waals surface area contributed by atoms with E-state index in [0.29, 0.717) is 10.8 Å². The van der Waals surface area contributed by atoms with Gasteiger partial charge in [0, 0.05) is 11.4 Å². The largest absolute Gasteiger partial charge is 0.250 e. The molecule has 19 heavy (non-hydrogen) atoms. The Balaban J connectivity index is 1.70. The van der Waals surface area contributed by atoms with Gasteiger partial charge in [0.15, 0.2) is 0 Å². The van der Waals surface area contributed by atoms with Crippen LogP contribution in [-0.4, -0.2) is 20.7 Å². The lowest BCUT2D eigenvalue weighted by Crippen LogP contribution is -2.24. The number of benzene rings is 1. The summed E-state index contributed by atoms with van der Waals surface area (Å²) in [4.78, 5) is 1.21. The molecule has 2 rings (SSSR count). The summed E-state index contributed by atoms with van der Waals surface area (Å²) in [6.07, 6.45) is 0.810. The van der Waals surface area contributed by atoms with Crippen LogP contribution in [0.4, 0.5) is 0 Å². The van der Waals surface area contributed by atoms with E-state index in [0.717, 1.165) is 12.2 Å². The van der Waals surface area contributed by atoms with Crippen LogP contribution in [0.1, 0.15) is 6.42 Å². The second-order valence-corrected chi connectivity index (χ2v) is 7.95. The van der Waals surface area contributed by atoms with Crippen molar-refractivity contribution in [1.29, 1.82) is 0 Å². The second-order valence-electron chi connectivity index (χ2n) is 3.84. The minimum atomic E-state index is -3.30. The Morgan fingerprint density at radius 3 is 2.58 bits per heavy atom. The van der Waals surface area contributed by atoms with Gasteiger partial charge in [-0.15, -0.1) is 23.1 Å². The third-order valence-corrected chi connectivity index (χ3v) is 6.34. The van der Waals surface area contributed by atoms with Gasteiger partial charge in [0.05, 0.1) is 0 Å². The van der Waals surface area contributed by atoms with E-state index in [4.69, 9.17) is 0 Å². The summed E-state index contributed by atoms with van der Waals surface area (Å²) in [5.74, 6) is 0.900. The van der Waals surface area contributed by atoms with Crippen molar-refractivity contribution in [2.24, 2.45) is 0 Å². The maximum atomic E-state index is 11.8. The molecule has 1 aromatic heterocycles. The standard InChI is InChI=1S/C13H15NO2S3/c15-19(16,13-8-4-10-18-13)14-9-5-11-17-12-6-2-1-3-7-12/h1-4,6-8,10,14H,5,9,11H2. The number of rotatable bonds is 7. The van der Waals surface area contributed by atoms with E-state index in [-0.39, 0.29) is 0 Å². The van der Waals surface area contributed by atoms with Crippen LogP contribution in [0, 0.1) is 0 Å². The van der Waals surface area contributed by atoms with Gasteiger partial charge in [-0.25, -0.2) is 13.1 Å². The zero-order chi connectivity index (χ0) is 13.6. The fourth-order valence-electron chi connectivity index (χ4n) is 1.47. The molecule has 1 N–H and O–H groups in total. The number of thioether (sulfide) groups is 1. The van der Waals surface area contributed by atoms with Gasteiger partial charge in [-0.05, 0) is 35.8 Å². The molecule has 1 heterocycles. The first-order valence-corrected chi connectivity index (χ1v) is 9.24. The van der Waals surface area contributed by atoms with Gasteiger partial charge in [0.2, 0.25) is 10.0 Å². The lowest BCUT2D eigenvalue weighted by Gasteiger charge is -2.04. The second kappa shape index (κ2) is 7.09. The molecule has 6 heteroatoms. The van der Waals surface area contributed by atoms with Crippen molar-refractivity contribution in [3.05, 3.63) is 47.8 Å². The van der Waals surface area contributed by atoms with Gasteiger partial charge in [-0.2, -0.15) is 0 Å². The Kier molecular flexibility index (Phi) is 5.45. The van der Waals surface area contributed by atoms with E-state index in [9.17, 15) is 8.42 Å². The van der Waals surface area contributed by atoms with Crippen molar-refractivity contribution in [3.8, 4) is 0 Å². The molecule has 0 aliphatic rings. The summed E-state index contributed by atoms with van der Waals surface area (Å²) in [7, 11) is -3.30. The van der Waals surface area contributed by atoms with Crippen molar-refractivity contribution in [1.82, 2.24) is 4.72 Å². The molecule has 0 atom stereocenters. The van der Waals surface area contributed by atoms with Crippen molar-refractivity contribution in [3.63, 3.8) is 0 Å². The molecule has 0 spiro atoms. The molecule has 0 bridgehead atoms. The summed E-state index contributed by atoms with van der Waals surface area (Å²) in [5.41, 5.74) is 0. The number of hydrogen-bond acceptors (Lipinski definition) is 4. The Hall–Kier alpha value is -0.820. The topological polar surface area (TPSA) is 46.2 Å². The molecule has 0 saturated heterocycles. The van der Waals surface area contributed by atoms with Gasteiger partial charge in [0.1, 0.15) is 4.21 Å². The van der Waals surface area contributed by atoms with Crippen LogP contribution < -0.4 is 4.72 Å². The van der Waals surface area contributed by atoms with Gasteiger partial charge in [-0.3, -0.25) is 0 Å². The predicted octanol–water partition coefficient (Wildman–Crippen LogP) is 3.21. The third kappa shape index (κ3) is 4.65. The van der Waals surface area contributed by atoms with E-state index in [1.165, 1.54) is 16.2 Å². The average Bonchev–Trinajstić information content (AvgIpc) is 2.94. The molecule has 0 radical (unpaired) electrons. The minimum Gasteiger partial charge on any atom is -0.210 e. The Morgan fingerprint density at radius 1 is 1.11 bits per heavy atom. The Morgan fingerprint density at radius 2 is 1.89 bits per heavy atom. The van der Waals surface area contributed by atoms with Gasteiger partial charge in [-0.1, -0.05) is 24.3 Å². The first kappa shape index (κ1) is 14.6. The lowest BCUT2D eigenvalue weighted by molar-refractivity contribution is 0.583. The Bertz CT molecular complexity index is 580. The quantitative estimate of drug-likeness (QED) is 0.630. The van der Waals surface area contributed by atoms with Crippen LogP contribution in [-0.2, 0) is 10.0 Å². The molecular weight excluding hydrogens is 298 g/mol. The third-order valence-electron chi connectivity index (χ3n) is 2.39. The summed E-state index contributed by atoms with van der Waals surface area (Å²) in [5, 5.41) is 1.76. The summed E-state index contributed by atoms with van der Waals surface area (Å²) >= 11 is 2.97. The van der Waals surface area contributed by atoms with Crippen LogP contribution in [0.2, 0.25) is 0 Å². The normalized spacial score (nSPS) is 11.6. The molecule has 2 aromatic rings. The molecule has 102 valence electrons. The van der Waals surface area contributed by atoms with Crippen LogP contribution in [0.3, 0.4) is 0 Å². The molecule has 0 aliphatic heterocycles. The van der Waals surface area contributed by atoms with E-state index in [2.05, 4.69) is 16.9 Å². The molecule has 0 saturated carbocycles. The smallest absolute Gasteiger partial charge is 0.210 e. The number of thiophene rings is 1. The molecule has 0 amide bonds. The predicted molar refractivity (Wildman–Crippen MR) is 81.3 cm³/mol. The number of hydrogen-bond donors (Lipinski definition) is 1. The zero-order valence-corrected chi connectivity index (χ0v) is 12.7. The van der Waals surface area contributed by atoms with Crippen LogP contribution in [0.25, 0.3) is 0 Å². The highest BCUT2D eigenvalue weighted by atomic mass is 32.2. The molecular formula is C13H15NO2S3. The number of sulfonamides is 1. The first-order valence-electron chi connectivity index (χ1n) is 5.89. The van der Waals surface area contributed by atoms with Crippen LogP contribution in [0.5, 0.6) is 0 Å². The fraction of sp³-hybridized carbons (Fsp3) is 0.231. The molecule has 0 unspecified atom stereocenters. The van der Waals surface area contributed by atoms with Crippen molar-refractivity contribution < 1.29 is 8.42 Å². The summed E-state index contributed by atoms with van der Waals surface area (Å²) < 4.78 is 26.6. The van der Waals surface area contributed by atoms with E-state index < -0.39 is 10.0 Å². The monoisotopic (exact) mass is 313 g/mol. The molecule has 0 aliphatic carbocycles. The van der Waals surface area contributed by atoms with Gasteiger partial charge >= 0.3 is 0 Å². The minimum absolute atomic E-state index is 0.378. The lowest BCUT2D eigenvalue weighted by atomic mass is 10.4. The van der Waals surface area contributed by atoms with E-state index >= 15 is 0 Å². The zero-order valence-electron chi connectivity index (χ0n) is 10.3. The highest BCUT2D eigenvalue weighted by Gasteiger charge is 2.13. The highest BCUT2D eigenvalue weighted by Crippen LogP contribution is 2.18. The maximum Gasteiger partial charge on any atom is 0.250 e. The first-order chi connectivity index (χ1) is 9.18. The SMILES string of the molecule is O=S(=O)(NCCCSc1ccccc1)c1cccs1. The van der Waals surface area contributed by atoms with E-state index in [1.54, 1.807) is 29.3 Å². The summed E-state index contributed by atoms with van der Waals surface area (Å²) in [6, 6.07) is 13.5. The average molecular weight is 313 g/mol. The van der Waals surface area contributed by atoms with Crippen LogP contribution in [0.15, 0.2) is 56.9 Å². The maximum absolute atomic E-state index is 11.8. The summed E-state index contributed by atoms with van der Waals surface area (Å²) in [6.45, 7) is 0.472. The van der Waals surface area contributed by atoms with Crippen LogP contribution >= 0.6 is 23.1 Å². The fourth-order valence-corrected chi connectivity index (χ4v) is 4.46. The molecule has 1 aromatic carbocycles. The van der Waals surface area contributed by atoms with Gasteiger partial charge < -0.3 is 0 Å². The Labute approximate surface area is 122 Å². The van der Waals surface area contributed by atoms with Gasteiger partial charge in [0.25, 0.3) is 0 Å².